The first-order valence-corrected chi connectivity index (χ1v) is 10.9. The summed E-state index contributed by atoms with van der Waals surface area (Å²) in [5.41, 5.74) is 1.97. The molecule has 0 atom stereocenters. The van der Waals surface area contributed by atoms with Crippen LogP contribution < -0.4 is 20.1 Å². The van der Waals surface area contributed by atoms with Crippen LogP contribution in [0.1, 0.15) is 26.6 Å². The first kappa shape index (κ1) is 21.6. The normalized spacial score (nSPS) is 10.8. The number of nitrogens with zero attached hydrogens (tertiary/aromatic N) is 2. The van der Waals surface area contributed by atoms with Gasteiger partial charge in [-0.3, -0.25) is 4.79 Å². The molecule has 0 aliphatic carbocycles. The van der Waals surface area contributed by atoms with Gasteiger partial charge in [0.25, 0.3) is 5.91 Å². The van der Waals surface area contributed by atoms with E-state index in [9.17, 15) is 4.79 Å². The molecule has 8 nitrogen and oxygen atoms in total. The van der Waals surface area contributed by atoms with Gasteiger partial charge in [0.2, 0.25) is 0 Å². The second-order valence-corrected chi connectivity index (χ2v) is 8.09. The summed E-state index contributed by atoms with van der Waals surface area (Å²) in [5.74, 6) is 2.67. The number of carbonyl (C=O) groups is 1. The Morgan fingerprint density at radius 1 is 1.16 bits per heavy atom. The van der Waals surface area contributed by atoms with Crippen molar-refractivity contribution in [1.82, 2.24) is 15.3 Å². The van der Waals surface area contributed by atoms with Crippen LogP contribution in [0.15, 0.2) is 47.3 Å². The van der Waals surface area contributed by atoms with E-state index in [1.807, 2.05) is 31.2 Å². The summed E-state index contributed by atoms with van der Waals surface area (Å²) in [7, 11) is 3.24. The van der Waals surface area contributed by atoms with E-state index in [-0.39, 0.29) is 5.91 Å². The highest BCUT2D eigenvalue weighted by molar-refractivity contribution is 7.20. The SMILES string of the molecule is COc1ccc(CCNc2ncnc3sc(C(=O)NCc4ccco4)c(C)c23)cc1OC. The number of aryl methyl sites for hydroxylation is 1. The highest BCUT2D eigenvalue weighted by Gasteiger charge is 2.19. The van der Waals surface area contributed by atoms with E-state index in [4.69, 9.17) is 13.9 Å². The smallest absolute Gasteiger partial charge is 0.262 e. The first-order chi connectivity index (χ1) is 15.6. The second-order valence-electron chi connectivity index (χ2n) is 7.09. The lowest BCUT2D eigenvalue weighted by atomic mass is 10.1. The molecule has 9 heteroatoms. The summed E-state index contributed by atoms with van der Waals surface area (Å²) < 4.78 is 15.9. The highest BCUT2D eigenvalue weighted by Crippen LogP contribution is 2.33. The molecule has 0 fully saturated rings. The third-order valence-electron chi connectivity index (χ3n) is 5.09. The fourth-order valence-corrected chi connectivity index (χ4v) is 4.51. The monoisotopic (exact) mass is 452 g/mol. The van der Waals surface area contributed by atoms with Gasteiger partial charge in [0.05, 0.1) is 37.3 Å². The van der Waals surface area contributed by atoms with Crippen LogP contribution in [-0.4, -0.2) is 36.6 Å². The zero-order valence-electron chi connectivity index (χ0n) is 18.1. The number of rotatable bonds is 9. The second kappa shape index (κ2) is 9.69. The highest BCUT2D eigenvalue weighted by atomic mass is 32.1. The number of methoxy groups -OCH3 is 2. The van der Waals surface area contributed by atoms with Crippen LogP contribution in [0.5, 0.6) is 11.5 Å². The van der Waals surface area contributed by atoms with Crippen LogP contribution in [0.4, 0.5) is 5.82 Å². The molecule has 0 saturated carbocycles. The number of carbonyl (C=O) groups excluding carboxylic acids is 1. The van der Waals surface area contributed by atoms with Crippen LogP contribution in [0.25, 0.3) is 10.2 Å². The maximum atomic E-state index is 12.7. The Bertz CT molecular complexity index is 1220. The summed E-state index contributed by atoms with van der Waals surface area (Å²) in [6, 6.07) is 9.49. The Hall–Kier alpha value is -3.59. The van der Waals surface area contributed by atoms with E-state index >= 15 is 0 Å². The molecule has 0 saturated heterocycles. The van der Waals surface area contributed by atoms with Crippen LogP contribution in [0.2, 0.25) is 0 Å². The third-order valence-corrected chi connectivity index (χ3v) is 6.29. The van der Waals surface area contributed by atoms with Gasteiger partial charge in [-0.1, -0.05) is 6.07 Å². The van der Waals surface area contributed by atoms with Crippen LogP contribution in [-0.2, 0) is 13.0 Å². The number of nitrogens with one attached hydrogen (secondary N) is 2. The van der Waals surface area contributed by atoms with E-state index in [2.05, 4.69) is 20.6 Å². The largest absolute Gasteiger partial charge is 0.493 e. The molecule has 3 aromatic heterocycles. The Morgan fingerprint density at radius 3 is 2.75 bits per heavy atom. The van der Waals surface area contributed by atoms with Gasteiger partial charge in [0.1, 0.15) is 22.7 Å². The molecule has 0 unspecified atom stereocenters. The molecule has 32 heavy (non-hydrogen) atoms. The van der Waals surface area contributed by atoms with E-state index in [1.54, 1.807) is 26.5 Å². The molecule has 1 amide bonds. The molecule has 4 aromatic rings. The number of aromatic nitrogens is 2. The fraction of sp³-hybridized carbons (Fsp3) is 0.261. The van der Waals surface area contributed by atoms with Crippen molar-refractivity contribution in [1.29, 1.82) is 0 Å². The van der Waals surface area contributed by atoms with E-state index in [1.165, 1.54) is 17.7 Å². The molecular weight excluding hydrogens is 428 g/mol. The molecule has 0 bridgehead atoms. The molecule has 0 aliphatic heterocycles. The average molecular weight is 453 g/mol. The number of ether oxygens (including phenoxy) is 2. The van der Waals surface area contributed by atoms with Gasteiger partial charge >= 0.3 is 0 Å². The summed E-state index contributed by atoms with van der Waals surface area (Å²) in [6.07, 6.45) is 3.87. The van der Waals surface area contributed by atoms with Crippen molar-refractivity contribution in [3.63, 3.8) is 0 Å². The molecule has 0 aliphatic rings. The summed E-state index contributed by atoms with van der Waals surface area (Å²) in [4.78, 5) is 22.9. The molecule has 1 aromatic carbocycles. The van der Waals surface area contributed by atoms with Crippen molar-refractivity contribution in [2.45, 2.75) is 19.9 Å². The predicted octanol–water partition coefficient (Wildman–Crippen LogP) is 4.19. The van der Waals surface area contributed by atoms with Crippen molar-refractivity contribution >= 4 is 33.3 Å². The van der Waals surface area contributed by atoms with Gasteiger partial charge in [-0.05, 0) is 48.7 Å². The fourth-order valence-electron chi connectivity index (χ4n) is 3.44. The van der Waals surface area contributed by atoms with Crippen molar-refractivity contribution in [3.8, 4) is 11.5 Å². The molecule has 0 radical (unpaired) electrons. The third kappa shape index (κ3) is 4.52. The van der Waals surface area contributed by atoms with Gasteiger partial charge in [0, 0.05) is 6.54 Å². The van der Waals surface area contributed by atoms with E-state index < -0.39 is 0 Å². The maximum Gasteiger partial charge on any atom is 0.262 e. The Labute approximate surface area is 189 Å². The summed E-state index contributed by atoms with van der Waals surface area (Å²) >= 11 is 1.36. The first-order valence-electron chi connectivity index (χ1n) is 10.1. The molecule has 4 rings (SSSR count). The Kier molecular flexibility index (Phi) is 6.55. The topological polar surface area (TPSA) is 98.5 Å². The van der Waals surface area contributed by atoms with Gasteiger partial charge in [-0.25, -0.2) is 9.97 Å². The van der Waals surface area contributed by atoms with Gasteiger partial charge in [0.15, 0.2) is 11.5 Å². The number of fused-ring (bicyclic) bond motifs is 1. The Balaban J connectivity index is 1.47. The van der Waals surface area contributed by atoms with Crippen molar-refractivity contribution in [2.24, 2.45) is 0 Å². The number of benzene rings is 1. The van der Waals surface area contributed by atoms with E-state index in [0.29, 0.717) is 41.0 Å². The van der Waals surface area contributed by atoms with Crippen molar-refractivity contribution in [2.75, 3.05) is 26.1 Å². The van der Waals surface area contributed by atoms with Gasteiger partial charge < -0.3 is 24.5 Å². The minimum Gasteiger partial charge on any atom is -0.493 e. The van der Waals surface area contributed by atoms with Crippen LogP contribution >= 0.6 is 11.3 Å². The van der Waals surface area contributed by atoms with E-state index in [0.717, 1.165) is 27.8 Å². The molecule has 0 spiro atoms. The molecule has 2 N–H and O–H groups in total. The number of hydrogen-bond donors (Lipinski definition) is 2. The quantitative estimate of drug-likeness (QED) is 0.393. The summed E-state index contributed by atoms with van der Waals surface area (Å²) in [6.45, 7) is 2.92. The lowest BCUT2D eigenvalue weighted by molar-refractivity contribution is 0.0951. The minimum absolute atomic E-state index is 0.154. The Morgan fingerprint density at radius 2 is 2.00 bits per heavy atom. The van der Waals surface area contributed by atoms with Crippen molar-refractivity contribution < 1.29 is 18.7 Å². The lowest BCUT2D eigenvalue weighted by Gasteiger charge is -2.11. The van der Waals surface area contributed by atoms with Crippen molar-refractivity contribution in [3.05, 3.63) is 64.7 Å². The number of thiophene rings is 1. The lowest BCUT2D eigenvalue weighted by Crippen LogP contribution is -2.22. The van der Waals surface area contributed by atoms with Crippen LogP contribution in [0.3, 0.4) is 0 Å². The van der Waals surface area contributed by atoms with Gasteiger partial charge in [-0.15, -0.1) is 11.3 Å². The van der Waals surface area contributed by atoms with Crippen LogP contribution in [0, 0.1) is 6.92 Å². The summed E-state index contributed by atoms with van der Waals surface area (Å²) in [5, 5.41) is 7.15. The maximum absolute atomic E-state index is 12.7. The molecular formula is C23H24N4O4S. The zero-order chi connectivity index (χ0) is 22.5. The predicted molar refractivity (Wildman–Crippen MR) is 124 cm³/mol. The molecule has 3 heterocycles. The average Bonchev–Trinajstić information content (AvgIpc) is 3.45. The zero-order valence-corrected chi connectivity index (χ0v) is 18.9. The van der Waals surface area contributed by atoms with Gasteiger partial charge in [-0.2, -0.15) is 0 Å². The number of hydrogen-bond acceptors (Lipinski definition) is 8. The minimum atomic E-state index is -0.154. The number of anilines is 1. The number of furan rings is 1. The number of amides is 1. The standard InChI is InChI=1S/C23H24N4O4S/c1-14-19-21(24-9-8-15-6-7-17(29-2)18(11-15)30-3)26-13-27-23(19)32-20(14)22(28)25-12-16-5-4-10-31-16/h4-7,10-11,13H,8-9,12H2,1-3H3,(H,25,28)(H,24,26,27). The molecule has 166 valence electrons.